The van der Waals surface area contributed by atoms with Crippen molar-refractivity contribution in [2.45, 2.75) is 6.04 Å². The van der Waals surface area contributed by atoms with Crippen LogP contribution < -0.4 is 4.90 Å². The number of carbonyl (C=O) groups is 1. The number of anilines is 1. The molecule has 6 nitrogen and oxygen atoms in total. The van der Waals surface area contributed by atoms with E-state index in [0.29, 0.717) is 37.7 Å². The van der Waals surface area contributed by atoms with Crippen LogP contribution in [-0.4, -0.2) is 52.1 Å². The summed E-state index contributed by atoms with van der Waals surface area (Å²) in [5, 5.41) is 9.56. The standard InChI is InChI=1S/C16H17FN4O2/c17-13-4-2-12(3-5-13)14(15(22)23)20-8-10-21(11-9-20)16-18-6-1-7-19-16/h1-7,14H,8-11H2,(H,22,23). The van der Waals surface area contributed by atoms with Crippen LogP contribution in [0.2, 0.25) is 0 Å². The number of halogens is 1. The molecule has 1 N–H and O–H groups in total. The van der Waals surface area contributed by atoms with Crippen molar-refractivity contribution in [3.8, 4) is 0 Å². The number of aromatic nitrogens is 2. The first kappa shape index (κ1) is 15.4. The maximum absolute atomic E-state index is 13.1. The normalized spacial score (nSPS) is 17.0. The van der Waals surface area contributed by atoms with Crippen LogP contribution in [0.15, 0.2) is 42.7 Å². The van der Waals surface area contributed by atoms with Crippen LogP contribution in [0, 0.1) is 5.82 Å². The van der Waals surface area contributed by atoms with Crippen molar-refractivity contribution in [3.63, 3.8) is 0 Å². The molecule has 0 bridgehead atoms. The lowest BCUT2D eigenvalue weighted by Gasteiger charge is -2.37. The molecule has 0 aliphatic carbocycles. The molecule has 1 fully saturated rings. The Morgan fingerprint density at radius 1 is 1.09 bits per heavy atom. The predicted octanol–water partition coefficient (Wildman–Crippen LogP) is 1.56. The van der Waals surface area contributed by atoms with Gasteiger partial charge in [0.05, 0.1) is 0 Å². The molecular formula is C16H17FN4O2. The summed E-state index contributed by atoms with van der Waals surface area (Å²) in [5.74, 6) is -0.647. The van der Waals surface area contributed by atoms with Crippen LogP contribution in [0.4, 0.5) is 10.3 Å². The molecule has 3 rings (SSSR count). The van der Waals surface area contributed by atoms with E-state index in [9.17, 15) is 14.3 Å². The zero-order valence-electron chi connectivity index (χ0n) is 12.5. The zero-order chi connectivity index (χ0) is 16.2. The molecule has 0 saturated carbocycles. The van der Waals surface area contributed by atoms with Gasteiger partial charge in [-0.3, -0.25) is 9.69 Å². The lowest BCUT2D eigenvalue weighted by molar-refractivity contribution is -0.143. The Labute approximate surface area is 133 Å². The van der Waals surface area contributed by atoms with Gasteiger partial charge in [-0.15, -0.1) is 0 Å². The summed E-state index contributed by atoms with van der Waals surface area (Å²) < 4.78 is 13.1. The third kappa shape index (κ3) is 3.45. The van der Waals surface area contributed by atoms with Crippen molar-refractivity contribution < 1.29 is 14.3 Å². The fourth-order valence-electron chi connectivity index (χ4n) is 2.79. The van der Waals surface area contributed by atoms with E-state index >= 15 is 0 Å². The Hall–Kier alpha value is -2.54. The summed E-state index contributed by atoms with van der Waals surface area (Å²) in [6, 6.07) is 6.63. The quantitative estimate of drug-likeness (QED) is 0.923. The van der Waals surface area contributed by atoms with Gasteiger partial charge in [-0.25, -0.2) is 14.4 Å². The largest absolute Gasteiger partial charge is 0.480 e. The number of nitrogens with zero attached hydrogens (tertiary/aromatic N) is 4. The average Bonchev–Trinajstić information content (AvgIpc) is 2.58. The van der Waals surface area contributed by atoms with E-state index in [0.717, 1.165) is 0 Å². The van der Waals surface area contributed by atoms with E-state index < -0.39 is 12.0 Å². The second kappa shape index (κ2) is 6.70. The fraction of sp³-hybridized carbons (Fsp3) is 0.312. The van der Waals surface area contributed by atoms with Crippen LogP contribution >= 0.6 is 0 Å². The molecule has 1 aromatic carbocycles. The van der Waals surface area contributed by atoms with Crippen molar-refractivity contribution in [2.24, 2.45) is 0 Å². The minimum Gasteiger partial charge on any atom is -0.480 e. The van der Waals surface area contributed by atoms with Gasteiger partial charge in [-0.05, 0) is 23.8 Å². The third-order valence-electron chi connectivity index (χ3n) is 3.93. The summed E-state index contributed by atoms with van der Waals surface area (Å²) in [6.07, 6.45) is 3.38. The first-order valence-corrected chi connectivity index (χ1v) is 7.39. The molecule has 0 amide bonds. The molecule has 0 radical (unpaired) electrons. The van der Waals surface area contributed by atoms with Crippen LogP contribution in [-0.2, 0) is 4.79 Å². The maximum Gasteiger partial charge on any atom is 0.325 e. The summed E-state index contributed by atoms with van der Waals surface area (Å²) in [4.78, 5) is 24.0. The van der Waals surface area contributed by atoms with Crippen molar-refractivity contribution in [1.82, 2.24) is 14.9 Å². The smallest absolute Gasteiger partial charge is 0.325 e. The topological polar surface area (TPSA) is 69.6 Å². The molecule has 1 aliphatic rings. The lowest BCUT2D eigenvalue weighted by Crippen LogP contribution is -2.49. The highest BCUT2D eigenvalue weighted by molar-refractivity contribution is 5.75. The molecule has 2 aromatic rings. The highest BCUT2D eigenvalue weighted by Gasteiger charge is 2.30. The van der Waals surface area contributed by atoms with Crippen molar-refractivity contribution in [2.75, 3.05) is 31.1 Å². The molecule has 1 atom stereocenters. The fourth-order valence-corrected chi connectivity index (χ4v) is 2.79. The Balaban J connectivity index is 1.71. The lowest BCUT2D eigenvalue weighted by atomic mass is 10.0. The number of aliphatic carboxylic acids is 1. The molecule has 1 unspecified atom stereocenters. The Morgan fingerprint density at radius 2 is 1.70 bits per heavy atom. The highest BCUT2D eigenvalue weighted by atomic mass is 19.1. The minimum atomic E-state index is -0.930. The Kier molecular flexibility index (Phi) is 4.47. The maximum atomic E-state index is 13.1. The number of piperazine rings is 1. The zero-order valence-corrected chi connectivity index (χ0v) is 12.5. The molecule has 7 heteroatoms. The Bertz CT molecular complexity index is 658. The van der Waals surface area contributed by atoms with E-state index in [1.54, 1.807) is 18.5 Å². The van der Waals surface area contributed by atoms with Crippen molar-refractivity contribution >= 4 is 11.9 Å². The number of carboxylic acids is 1. The first-order valence-electron chi connectivity index (χ1n) is 7.39. The summed E-state index contributed by atoms with van der Waals surface area (Å²) in [5.41, 5.74) is 0.586. The SMILES string of the molecule is O=C(O)C(c1ccc(F)cc1)N1CCN(c2ncccn2)CC1. The minimum absolute atomic E-state index is 0.371. The number of hydrogen-bond donors (Lipinski definition) is 1. The van der Waals surface area contributed by atoms with Crippen LogP contribution in [0.1, 0.15) is 11.6 Å². The highest BCUT2D eigenvalue weighted by Crippen LogP contribution is 2.23. The van der Waals surface area contributed by atoms with Gasteiger partial charge >= 0.3 is 5.97 Å². The van der Waals surface area contributed by atoms with E-state index in [1.807, 2.05) is 9.80 Å². The predicted molar refractivity (Wildman–Crippen MR) is 82.6 cm³/mol. The Morgan fingerprint density at radius 3 is 2.26 bits per heavy atom. The monoisotopic (exact) mass is 316 g/mol. The van der Waals surface area contributed by atoms with E-state index in [1.165, 1.54) is 24.3 Å². The number of rotatable bonds is 4. The van der Waals surface area contributed by atoms with Gasteiger partial charge in [-0.1, -0.05) is 12.1 Å². The number of hydrogen-bond acceptors (Lipinski definition) is 5. The molecule has 0 spiro atoms. The number of carboxylic acid groups (broad SMARTS) is 1. The first-order chi connectivity index (χ1) is 11.1. The van der Waals surface area contributed by atoms with Crippen LogP contribution in [0.3, 0.4) is 0 Å². The molecule has 120 valence electrons. The van der Waals surface area contributed by atoms with Gasteiger partial charge in [0, 0.05) is 38.6 Å². The van der Waals surface area contributed by atoms with Gasteiger partial charge in [0.2, 0.25) is 5.95 Å². The molecule has 23 heavy (non-hydrogen) atoms. The molecule has 1 aromatic heterocycles. The van der Waals surface area contributed by atoms with E-state index in [4.69, 9.17) is 0 Å². The molecule has 1 aliphatic heterocycles. The van der Waals surface area contributed by atoms with Gasteiger partial charge in [0.1, 0.15) is 11.9 Å². The van der Waals surface area contributed by atoms with E-state index in [2.05, 4.69) is 9.97 Å². The van der Waals surface area contributed by atoms with Crippen LogP contribution in [0.25, 0.3) is 0 Å². The second-order valence-corrected chi connectivity index (χ2v) is 5.36. The third-order valence-corrected chi connectivity index (χ3v) is 3.93. The van der Waals surface area contributed by atoms with Crippen molar-refractivity contribution in [3.05, 3.63) is 54.1 Å². The molecule has 1 saturated heterocycles. The van der Waals surface area contributed by atoms with Crippen molar-refractivity contribution in [1.29, 1.82) is 0 Å². The second-order valence-electron chi connectivity index (χ2n) is 5.36. The average molecular weight is 316 g/mol. The van der Waals surface area contributed by atoms with Gasteiger partial charge in [0.15, 0.2) is 0 Å². The summed E-state index contributed by atoms with van der Waals surface area (Å²) in [7, 11) is 0. The molecular weight excluding hydrogens is 299 g/mol. The van der Waals surface area contributed by atoms with Gasteiger partial charge in [0.25, 0.3) is 0 Å². The molecule has 2 heterocycles. The number of benzene rings is 1. The van der Waals surface area contributed by atoms with Gasteiger partial charge < -0.3 is 10.0 Å². The van der Waals surface area contributed by atoms with Gasteiger partial charge in [-0.2, -0.15) is 0 Å². The summed E-state index contributed by atoms with van der Waals surface area (Å²) in [6.45, 7) is 2.45. The van der Waals surface area contributed by atoms with Crippen LogP contribution in [0.5, 0.6) is 0 Å². The summed E-state index contributed by atoms with van der Waals surface area (Å²) >= 11 is 0. The van der Waals surface area contributed by atoms with E-state index in [-0.39, 0.29) is 5.82 Å².